The topological polar surface area (TPSA) is 72.9 Å². The number of aliphatic carboxylic acids is 1. The summed E-state index contributed by atoms with van der Waals surface area (Å²) in [6.45, 7) is 7.48. The van der Waals surface area contributed by atoms with Crippen LogP contribution in [0.3, 0.4) is 0 Å². The maximum absolute atomic E-state index is 12.7. The van der Waals surface area contributed by atoms with E-state index in [1.165, 1.54) is 0 Å². The maximum Gasteiger partial charge on any atom is 0.327 e. The van der Waals surface area contributed by atoms with Crippen molar-refractivity contribution < 1.29 is 14.7 Å². The summed E-state index contributed by atoms with van der Waals surface area (Å²) in [6, 6.07) is -0.839. The normalized spacial score (nSPS) is 27.0. The summed E-state index contributed by atoms with van der Waals surface area (Å²) in [5, 5.41) is 12.8. The molecule has 2 fully saturated rings. The first-order valence-corrected chi connectivity index (χ1v) is 7.42. The lowest BCUT2D eigenvalue weighted by Crippen LogP contribution is -2.59. The summed E-state index contributed by atoms with van der Waals surface area (Å²) in [4.78, 5) is 27.6. The second-order valence-electron chi connectivity index (χ2n) is 6.40. The number of nitrogens with zero attached hydrogens (tertiary/aromatic N) is 2. The Bertz CT molecular complexity index is 376. The van der Waals surface area contributed by atoms with Crippen LogP contribution in [0.5, 0.6) is 0 Å². The Labute approximate surface area is 120 Å². The molecule has 1 unspecified atom stereocenters. The molecule has 0 aromatic rings. The maximum atomic E-state index is 12.7. The molecule has 0 aromatic carbocycles. The lowest BCUT2D eigenvalue weighted by molar-refractivity contribution is -0.148. The van der Waals surface area contributed by atoms with Crippen molar-refractivity contribution in [3.05, 3.63) is 0 Å². The molecule has 6 heteroatoms. The summed E-state index contributed by atoms with van der Waals surface area (Å²) in [6.07, 6.45) is 2.63. The van der Waals surface area contributed by atoms with Crippen LogP contribution in [0.2, 0.25) is 0 Å². The van der Waals surface area contributed by atoms with Crippen molar-refractivity contribution in [2.24, 2.45) is 5.41 Å². The number of likely N-dealkylation sites (tertiary alicyclic amines) is 1. The van der Waals surface area contributed by atoms with Crippen molar-refractivity contribution in [2.45, 2.75) is 39.2 Å². The molecule has 2 N–H and O–H groups in total. The highest BCUT2D eigenvalue weighted by atomic mass is 16.4. The molecule has 6 nitrogen and oxygen atoms in total. The number of nitrogens with one attached hydrogen (secondary N) is 1. The van der Waals surface area contributed by atoms with Gasteiger partial charge in [0.25, 0.3) is 0 Å². The quantitative estimate of drug-likeness (QED) is 0.752. The minimum absolute atomic E-state index is 0.117. The molecular weight excluding hydrogens is 258 g/mol. The number of hydrogen-bond donors (Lipinski definition) is 2. The van der Waals surface area contributed by atoms with Gasteiger partial charge in [-0.05, 0) is 31.2 Å². The van der Waals surface area contributed by atoms with Crippen LogP contribution in [-0.4, -0.2) is 65.7 Å². The number of amides is 2. The van der Waals surface area contributed by atoms with Gasteiger partial charge in [0.1, 0.15) is 6.04 Å². The lowest BCUT2D eigenvalue weighted by Gasteiger charge is -2.45. The second-order valence-corrected chi connectivity index (χ2v) is 6.40. The Morgan fingerprint density at radius 3 is 2.60 bits per heavy atom. The number of carboxylic acids is 1. The van der Waals surface area contributed by atoms with Gasteiger partial charge in [-0.25, -0.2) is 9.59 Å². The Morgan fingerprint density at radius 1 is 1.15 bits per heavy atom. The fourth-order valence-electron chi connectivity index (χ4n) is 3.29. The fraction of sp³-hybridized carbons (Fsp3) is 0.857. The Balaban J connectivity index is 2.15. The van der Waals surface area contributed by atoms with E-state index in [4.69, 9.17) is 0 Å². The van der Waals surface area contributed by atoms with E-state index in [1.807, 2.05) is 13.8 Å². The number of hydrogen-bond acceptors (Lipinski definition) is 3. The molecule has 0 radical (unpaired) electrons. The third-order valence-electron chi connectivity index (χ3n) is 4.36. The van der Waals surface area contributed by atoms with Crippen LogP contribution in [0, 0.1) is 5.41 Å². The average Bonchev–Trinajstić information content (AvgIpc) is 2.64. The summed E-state index contributed by atoms with van der Waals surface area (Å²) in [7, 11) is 0. The molecule has 114 valence electrons. The number of carbonyl (C=O) groups is 2. The van der Waals surface area contributed by atoms with E-state index in [-0.39, 0.29) is 11.4 Å². The minimum Gasteiger partial charge on any atom is -0.480 e. The monoisotopic (exact) mass is 283 g/mol. The van der Waals surface area contributed by atoms with Gasteiger partial charge in [-0.15, -0.1) is 0 Å². The van der Waals surface area contributed by atoms with Crippen LogP contribution in [0.15, 0.2) is 0 Å². The minimum atomic E-state index is -0.893. The summed E-state index contributed by atoms with van der Waals surface area (Å²) in [5.41, 5.74) is -0.371. The van der Waals surface area contributed by atoms with Crippen LogP contribution in [0.4, 0.5) is 4.79 Å². The van der Waals surface area contributed by atoms with Gasteiger partial charge < -0.3 is 20.2 Å². The largest absolute Gasteiger partial charge is 0.480 e. The van der Waals surface area contributed by atoms with Crippen molar-refractivity contribution in [1.29, 1.82) is 0 Å². The predicted octanol–water partition coefficient (Wildman–Crippen LogP) is 0.977. The third kappa shape index (κ3) is 3.06. The molecular formula is C14H25N3O3. The molecule has 2 amide bonds. The molecule has 2 saturated heterocycles. The molecule has 0 bridgehead atoms. The van der Waals surface area contributed by atoms with E-state index in [1.54, 1.807) is 9.80 Å². The number of urea groups is 1. The SMILES string of the molecule is CC1(C)CCCN(C(=O)N2CCCNCC2)C1C(=O)O. The molecule has 2 aliphatic rings. The lowest BCUT2D eigenvalue weighted by atomic mass is 9.76. The summed E-state index contributed by atoms with van der Waals surface area (Å²) < 4.78 is 0. The van der Waals surface area contributed by atoms with E-state index < -0.39 is 12.0 Å². The van der Waals surface area contributed by atoms with E-state index in [9.17, 15) is 14.7 Å². The summed E-state index contributed by atoms with van der Waals surface area (Å²) >= 11 is 0. The predicted molar refractivity (Wildman–Crippen MR) is 75.6 cm³/mol. The van der Waals surface area contributed by atoms with Gasteiger partial charge in [0.05, 0.1) is 0 Å². The van der Waals surface area contributed by atoms with Crippen LogP contribution in [0.1, 0.15) is 33.1 Å². The van der Waals surface area contributed by atoms with Gasteiger partial charge >= 0.3 is 12.0 Å². The first kappa shape index (κ1) is 15.1. The molecule has 0 saturated carbocycles. The highest BCUT2D eigenvalue weighted by Gasteiger charge is 2.45. The van der Waals surface area contributed by atoms with E-state index >= 15 is 0 Å². The van der Waals surface area contributed by atoms with Gasteiger partial charge in [0, 0.05) is 26.2 Å². The number of rotatable bonds is 1. The van der Waals surface area contributed by atoms with Crippen LogP contribution in [0.25, 0.3) is 0 Å². The first-order valence-electron chi connectivity index (χ1n) is 7.42. The number of carboxylic acid groups (broad SMARTS) is 1. The highest BCUT2D eigenvalue weighted by molar-refractivity contribution is 5.83. The second kappa shape index (κ2) is 5.99. The zero-order chi connectivity index (χ0) is 14.8. The molecule has 1 atom stereocenters. The fourth-order valence-corrected chi connectivity index (χ4v) is 3.29. The van der Waals surface area contributed by atoms with Gasteiger partial charge in [-0.1, -0.05) is 13.8 Å². The van der Waals surface area contributed by atoms with Gasteiger partial charge in [0.15, 0.2) is 0 Å². The molecule has 0 spiro atoms. The summed E-state index contributed by atoms with van der Waals surface area (Å²) in [5.74, 6) is -0.893. The van der Waals surface area contributed by atoms with E-state index in [0.717, 1.165) is 32.4 Å². The van der Waals surface area contributed by atoms with Crippen LogP contribution in [-0.2, 0) is 4.79 Å². The average molecular weight is 283 g/mol. The highest BCUT2D eigenvalue weighted by Crippen LogP contribution is 2.35. The van der Waals surface area contributed by atoms with Crippen molar-refractivity contribution >= 4 is 12.0 Å². The smallest absolute Gasteiger partial charge is 0.327 e. The third-order valence-corrected chi connectivity index (χ3v) is 4.36. The van der Waals surface area contributed by atoms with Gasteiger partial charge in [0.2, 0.25) is 0 Å². The van der Waals surface area contributed by atoms with Crippen molar-refractivity contribution in [2.75, 3.05) is 32.7 Å². The Kier molecular flexibility index (Phi) is 4.52. The zero-order valence-electron chi connectivity index (χ0n) is 12.4. The van der Waals surface area contributed by atoms with E-state index in [2.05, 4.69) is 5.32 Å². The molecule has 0 aliphatic carbocycles. The van der Waals surface area contributed by atoms with Gasteiger partial charge in [-0.3, -0.25) is 0 Å². The Morgan fingerprint density at radius 2 is 1.90 bits per heavy atom. The molecule has 2 rings (SSSR count). The van der Waals surface area contributed by atoms with Crippen molar-refractivity contribution in [1.82, 2.24) is 15.1 Å². The van der Waals surface area contributed by atoms with Crippen LogP contribution < -0.4 is 5.32 Å². The zero-order valence-corrected chi connectivity index (χ0v) is 12.4. The number of carbonyl (C=O) groups excluding carboxylic acids is 1. The molecule has 0 aromatic heterocycles. The first-order chi connectivity index (χ1) is 9.43. The van der Waals surface area contributed by atoms with Crippen molar-refractivity contribution in [3.63, 3.8) is 0 Å². The standard InChI is InChI=1S/C14H25N3O3/c1-14(2)5-3-9-17(11(14)12(18)19)13(20)16-8-4-6-15-7-10-16/h11,15H,3-10H2,1-2H3,(H,18,19). The van der Waals surface area contributed by atoms with Crippen molar-refractivity contribution in [3.8, 4) is 0 Å². The molecule has 2 heterocycles. The van der Waals surface area contributed by atoms with Crippen LogP contribution >= 0.6 is 0 Å². The van der Waals surface area contributed by atoms with E-state index in [0.29, 0.717) is 19.6 Å². The Hall–Kier alpha value is -1.30. The molecule has 2 aliphatic heterocycles. The molecule has 20 heavy (non-hydrogen) atoms. The van der Waals surface area contributed by atoms with Gasteiger partial charge in [-0.2, -0.15) is 0 Å². The number of piperidine rings is 1.